The average molecular weight is 340 g/mol. The molecule has 1 aromatic heterocycles. The molecule has 7 heteroatoms. The van der Waals surface area contributed by atoms with Crippen molar-refractivity contribution >= 4 is 37.3 Å². The lowest BCUT2D eigenvalue weighted by Crippen LogP contribution is -2.47. The average Bonchev–Trinajstić information content (AvgIpc) is 2.64. The van der Waals surface area contributed by atoms with Crippen LogP contribution in [0, 0.1) is 0 Å². The number of halogens is 1. The third-order valence-electron chi connectivity index (χ3n) is 2.53. The first kappa shape index (κ1) is 13.5. The smallest absolute Gasteiger partial charge is 0.252 e. The molecule has 17 heavy (non-hydrogen) atoms. The highest BCUT2D eigenvalue weighted by atomic mass is 79.9. The predicted octanol–water partition coefficient (Wildman–Crippen LogP) is 2.31. The Morgan fingerprint density at radius 2 is 1.94 bits per heavy atom. The fraction of sp³-hybridized carbons (Fsp3) is 0.600. The molecule has 0 saturated carbocycles. The lowest BCUT2D eigenvalue weighted by atomic mass is 10.3. The first-order chi connectivity index (χ1) is 7.89. The minimum Gasteiger partial charge on any atom is -0.373 e. The van der Waals surface area contributed by atoms with Gasteiger partial charge in [-0.25, -0.2) is 8.42 Å². The van der Waals surface area contributed by atoms with E-state index in [9.17, 15) is 8.42 Å². The Balaban J connectivity index is 2.26. The second-order valence-electron chi connectivity index (χ2n) is 4.14. The van der Waals surface area contributed by atoms with Crippen LogP contribution in [0.4, 0.5) is 0 Å². The third kappa shape index (κ3) is 2.90. The van der Waals surface area contributed by atoms with E-state index in [-0.39, 0.29) is 12.2 Å². The van der Waals surface area contributed by atoms with Gasteiger partial charge in [0.1, 0.15) is 4.21 Å². The monoisotopic (exact) mass is 339 g/mol. The van der Waals surface area contributed by atoms with Crippen LogP contribution in [-0.4, -0.2) is 38.0 Å². The van der Waals surface area contributed by atoms with Crippen LogP contribution in [0.5, 0.6) is 0 Å². The van der Waals surface area contributed by atoms with Crippen LogP contribution in [-0.2, 0) is 14.8 Å². The number of sulfonamides is 1. The normalized spacial score (nSPS) is 27.2. The largest absolute Gasteiger partial charge is 0.373 e. The van der Waals surface area contributed by atoms with E-state index in [4.69, 9.17) is 4.74 Å². The van der Waals surface area contributed by atoms with Crippen molar-refractivity contribution in [3.8, 4) is 0 Å². The molecule has 1 fully saturated rings. The maximum atomic E-state index is 12.4. The van der Waals surface area contributed by atoms with E-state index in [0.717, 1.165) is 3.79 Å². The Morgan fingerprint density at radius 3 is 2.41 bits per heavy atom. The topological polar surface area (TPSA) is 46.6 Å². The summed E-state index contributed by atoms with van der Waals surface area (Å²) in [7, 11) is -3.37. The summed E-state index contributed by atoms with van der Waals surface area (Å²) in [6, 6.07) is 3.39. The summed E-state index contributed by atoms with van der Waals surface area (Å²) in [6.45, 7) is 4.62. The van der Waals surface area contributed by atoms with E-state index in [2.05, 4.69) is 15.9 Å². The first-order valence-electron chi connectivity index (χ1n) is 5.30. The van der Waals surface area contributed by atoms with Crippen molar-refractivity contribution in [1.82, 2.24) is 4.31 Å². The minimum atomic E-state index is -3.37. The second kappa shape index (κ2) is 4.97. The fourth-order valence-corrected chi connectivity index (χ4v) is 5.65. The van der Waals surface area contributed by atoms with Crippen LogP contribution in [0.2, 0.25) is 0 Å². The molecule has 0 radical (unpaired) electrons. The maximum absolute atomic E-state index is 12.4. The highest BCUT2D eigenvalue weighted by Gasteiger charge is 2.32. The van der Waals surface area contributed by atoms with Crippen molar-refractivity contribution in [3.63, 3.8) is 0 Å². The Kier molecular flexibility index (Phi) is 3.94. The molecule has 0 amide bonds. The molecule has 0 bridgehead atoms. The van der Waals surface area contributed by atoms with Gasteiger partial charge in [-0.1, -0.05) is 0 Å². The van der Waals surface area contributed by atoms with Crippen molar-refractivity contribution < 1.29 is 13.2 Å². The lowest BCUT2D eigenvalue weighted by molar-refractivity contribution is -0.0440. The van der Waals surface area contributed by atoms with Crippen LogP contribution >= 0.6 is 27.3 Å². The first-order valence-corrected chi connectivity index (χ1v) is 8.35. The molecular weight excluding hydrogens is 326 g/mol. The van der Waals surface area contributed by atoms with E-state index in [1.54, 1.807) is 12.1 Å². The lowest BCUT2D eigenvalue weighted by Gasteiger charge is -2.34. The van der Waals surface area contributed by atoms with Gasteiger partial charge in [0.15, 0.2) is 0 Å². The summed E-state index contributed by atoms with van der Waals surface area (Å²) in [4.78, 5) is 0. The maximum Gasteiger partial charge on any atom is 0.252 e. The van der Waals surface area contributed by atoms with E-state index in [1.807, 2.05) is 13.8 Å². The summed E-state index contributed by atoms with van der Waals surface area (Å²) in [5.41, 5.74) is 0. The molecule has 0 N–H and O–H groups in total. The molecule has 2 atom stereocenters. The van der Waals surface area contributed by atoms with Crippen LogP contribution < -0.4 is 0 Å². The van der Waals surface area contributed by atoms with Gasteiger partial charge in [-0.2, -0.15) is 4.31 Å². The van der Waals surface area contributed by atoms with E-state index >= 15 is 0 Å². The standard InChI is InChI=1S/C10H14BrNO3S2/c1-7-5-12(6-8(2)15-7)17(13,14)10-4-3-9(11)16-10/h3-4,7-8H,5-6H2,1-2H3/t7-,8+. The summed E-state index contributed by atoms with van der Waals surface area (Å²) in [5, 5.41) is 0. The Labute approximate surface area is 114 Å². The van der Waals surface area contributed by atoms with Gasteiger partial charge in [-0.15, -0.1) is 11.3 Å². The molecule has 1 saturated heterocycles. The summed E-state index contributed by atoms with van der Waals surface area (Å²) >= 11 is 4.52. The number of nitrogens with zero attached hydrogens (tertiary/aromatic N) is 1. The van der Waals surface area contributed by atoms with Gasteiger partial charge in [0.05, 0.1) is 16.0 Å². The molecule has 2 rings (SSSR count). The highest BCUT2D eigenvalue weighted by Crippen LogP contribution is 2.29. The number of hydrogen-bond donors (Lipinski definition) is 0. The molecule has 96 valence electrons. The number of ether oxygens (including phenoxy) is 1. The molecule has 4 nitrogen and oxygen atoms in total. The van der Waals surface area contributed by atoms with Gasteiger partial charge in [0.2, 0.25) is 0 Å². The number of hydrogen-bond acceptors (Lipinski definition) is 4. The fourth-order valence-electron chi connectivity index (χ4n) is 1.89. The zero-order chi connectivity index (χ0) is 12.6. The molecule has 0 aromatic carbocycles. The van der Waals surface area contributed by atoms with Gasteiger partial charge in [0, 0.05) is 13.1 Å². The molecule has 1 aliphatic rings. The predicted molar refractivity (Wildman–Crippen MR) is 70.8 cm³/mol. The Bertz CT molecular complexity index is 489. The van der Waals surface area contributed by atoms with Crippen molar-refractivity contribution in [2.45, 2.75) is 30.3 Å². The number of thiophene rings is 1. The SMILES string of the molecule is C[C@@H]1CN(S(=O)(=O)c2ccc(Br)s2)C[C@H](C)O1. The van der Waals surface area contributed by atoms with Crippen LogP contribution in [0.1, 0.15) is 13.8 Å². The molecule has 0 unspecified atom stereocenters. The zero-order valence-electron chi connectivity index (χ0n) is 9.59. The van der Waals surface area contributed by atoms with Crippen molar-refractivity contribution in [2.24, 2.45) is 0 Å². The highest BCUT2D eigenvalue weighted by molar-refractivity contribution is 9.11. The van der Waals surface area contributed by atoms with Crippen molar-refractivity contribution in [3.05, 3.63) is 15.9 Å². The van der Waals surface area contributed by atoms with Crippen LogP contribution in [0.15, 0.2) is 20.1 Å². The molecule has 0 spiro atoms. The molecule has 0 aliphatic carbocycles. The molecular formula is C10H14BrNO3S2. The van der Waals surface area contributed by atoms with E-state index in [0.29, 0.717) is 17.3 Å². The van der Waals surface area contributed by atoms with Crippen LogP contribution in [0.25, 0.3) is 0 Å². The number of rotatable bonds is 2. The summed E-state index contributed by atoms with van der Waals surface area (Å²) < 4.78 is 33.0. The molecule has 1 aliphatic heterocycles. The van der Waals surface area contributed by atoms with E-state index in [1.165, 1.54) is 15.6 Å². The summed E-state index contributed by atoms with van der Waals surface area (Å²) in [6.07, 6.45) is -0.117. The molecule has 2 heterocycles. The Morgan fingerprint density at radius 1 is 1.35 bits per heavy atom. The summed E-state index contributed by atoms with van der Waals surface area (Å²) in [5.74, 6) is 0. The third-order valence-corrected chi connectivity index (χ3v) is 6.45. The van der Waals surface area contributed by atoms with Gasteiger partial charge < -0.3 is 4.74 Å². The van der Waals surface area contributed by atoms with Crippen LogP contribution in [0.3, 0.4) is 0 Å². The van der Waals surface area contributed by atoms with Crippen molar-refractivity contribution in [1.29, 1.82) is 0 Å². The van der Waals surface area contributed by atoms with E-state index < -0.39 is 10.0 Å². The molecule has 1 aromatic rings. The van der Waals surface area contributed by atoms with Gasteiger partial charge in [0.25, 0.3) is 10.0 Å². The van der Waals surface area contributed by atoms with Gasteiger partial charge in [-0.3, -0.25) is 0 Å². The Hall–Kier alpha value is 0.0500. The number of morpholine rings is 1. The van der Waals surface area contributed by atoms with Gasteiger partial charge in [-0.05, 0) is 41.9 Å². The van der Waals surface area contributed by atoms with Gasteiger partial charge >= 0.3 is 0 Å². The zero-order valence-corrected chi connectivity index (χ0v) is 12.8. The van der Waals surface area contributed by atoms with Crippen molar-refractivity contribution in [2.75, 3.05) is 13.1 Å². The quantitative estimate of drug-likeness (QED) is 0.830. The minimum absolute atomic E-state index is 0.0584. The second-order valence-corrected chi connectivity index (χ2v) is 8.77.